The molecule has 0 radical (unpaired) electrons. The monoisotopic (exact) mass is 345 g/mol. The van der Waals surface area contributed by atoms with Crippen molar-refractivity contribution < 1.29 is 14.3 Å². The predicted octanol–water partition coefficient (Wildman–Crippen LogP) is 4.81. The minimum Gasteiger partial charge on any atom is -0.496 e. The van der Waals surface area contributed by atoms with Crippen LogP contribution in [-0.4, -0.2) is 35.8 Å². The number of para-hydroxylation sites is 1. The first-order chi connectivity index (χ1) is 11.9. The molecule has 2 atom stereocenters. The second-order valence-electron chi connectivity index (χ2n) is 8.46. The summed E-state index contributed by atoms with van der Waals surface area (Å²) in [6.07, 6.45) is 6.53. The maximum atomic E-state index is 12.5. The third-order valence-corrected chi connectivity index (χ3v) is 5.45. The van der Waals surface area contributed by atoms with Gasteiger partial charge in [0.05, 0.1) is 7.11 Å². The van der Waals surface area contributed by atoms with Crippen molar-refractivity contribution in [3.63, 3.8) is 0 Å². The van der Waals surface area contributed by atoms with Gasteiger partial charge in [0, 0.05) is 12.1 Å². The Balaban J connectivity index is 1.58. The van der Waals surface area contributed by atoms with E-state index in [1.807, 2.05) is 37.8 Å². The molecule has 2 bridgehead atoms. The molecule has 2 aliphatic rings. The number of hydrogen-bond acceptors (Lipinski definition) is 3. The molecule has 25 heavy (non-hydrogen) atoms. The fraction of sp³-hybridized carbons (Fsp3) is 0.667. The molecule has 1 aromatic rings. The number of piperidine rings is 1. The molecule has 2 heterocycles. The van der Waals surface area contributed by atoms with E-state index in [1.54, 1.807) is 7.11 Å². The lowest BCUT2D eigenvalue weighted by atomic mass is 9.86. The Kier molecular flexibility index (Phi) is 5.26. The van der Waals surface area contributed by atoms with E-state index in [0.717, 1.165) is 44.3 Å². The van der Waals surface area contributed by atoms with E-state index in [-0.39, 0.29) is 6.09 Å². The second-order valence-corrected chi connectivity index (χ2v) is 8.46. The van der Waals surface area contributed by atoms with Crippen LogP contribution in [0.5, 0.6) is 5.75 Å². The van der Waals surface area contributed by atoms with Crippen LogP contribution in [0.15, 0.2) is 24.3 Å². The van der Waals surface area contributed by atoms with E-state index < -0.39 is 5.60 Å². The normalized spacial score (nSPS) is 25.8. The van der Waals surface area contributed by atoms with Crippen molar-refractivity contribution in [2.24, 2.45) is 5.92 Å². The van der Waals surface area contributed by atoms with Gasteiger partial charge in [-0.2, -0.15) is 0 Å². The smallest absolute Gasteiger partial charge is 0.410 e. The number of nitrogens with zero attached hydrogens (tertiary/aromatic N) is 1. The minimum absolute atomic E-state index is 0.122. The van der Waals surface area contributed by atoms with E-state index in [9.17, 15) is 4.79 Å². The van der Waals surface area contributed by atoms with Crippen molar-refractivity contribution in [1.29, 1.82) is 0 Å². The third kappa shape index (κ3) is 4.28. The Morgan fingerprint density at radius 2 is 1.80 bits per heavy atom. The van der Waals surface area contributed by atoms with Gasteiger partial charge in [0.15, 0.2) is 0 Å². The number of fused-ring (bicyclic) bond motifs is 2. The molecule has 3 rings (SSSR count). The van der Waals surface area contributed by atoms with Crippen molar-refractivity contribution >= 4 is 6.09 Å². The molecule has 2 saturated heterocycles. The molecule has 2 aliphatic heterocycles. The van der Waals surface area contributed by atoms with E-state index in [2.05, 4.69) is 12.1 Å². The summed E-state index contributed by atoms with van der Waals surface area (Å²) >= 11 is 0. The SMILES string of the molecule is COc1ccccc1CCC1CC2CCC(C1)N2C(=O)OC(C)(C)C. The molecule has 0 spiro atoms. The number of amides is 1. The second kappa shape index (κ2) is 7.27. The molecule has 0 saturated carbocycles. The first-order valence-corrected chi connectivity index (χ1v) is 9.50. The number of hydrogen-bond donors (Lipinski definition) is 0. The summed E-state index contributed by atoms with van der Waals surface area (Å²) < 4.78 is 11.1. The Morgan fingerprint density at radius 1 is 1.16 bits per heavy atom. The fourth-order valence-electron chi connectivity index (χ4n) is 4.41. The quantitative estimate of drug-likeness (QED) is 0.786. The highest BCUT2D eigenvalue weighted by atomic mass is 16.6. The number of benzene rings is 1. The molecule has 0 N–H and O–H groups in total. The molecule has 4 nitrogen and oxygen atoms in total. The average molecular weight is 345 g/mol. The molecule has 0 aliphatic carbocycles. The van der Waals surface area contributed by atoms with Crippen molar-refractivity contribution in [1.82, 2.24) is 4.90 Å². The summed E-state index contributed by atoms with van der Waals surface area (Å²) in [5.41, 5.74) is 0.865. The van der Waals surface area contributed by atoms with Gasteiger partial charge in [-0.15, -0.1) is 0 Å². The summed E-state index contributed by atoms with van der Waals surface area (Å²) in [6, 6.07) is 9.00. The zero-order valence-electron chi connectivity index (χ0n) is 16.0. The zero-order valence-corrected chi connectivity index (χ0v) is 16.0. The summed E-state index contributed by atoms with van der Waals surface area (Å²) in [6.45, 7) is 5.81. The molecule has 1 amide bonds. The highest BCUT2D eigenvalue weighted by Crippen LogP contribution is 2.41. The molecule has 2 unspecified atom stereocenters. The number of methoxy groups -OCH3 is 1. The zero-order chi connectivity index (χ0) is 18.0. The maximum absolute atomic E-state index is 12.5. The lowest BCUT2D eigenvalue weighted by Gasteiger charge is -2.39. The summed E-state index contributed by atoms with van der Waals surface area (Å²) in [7, 11) is 1.73. The van der Waals surface area contributed by atoms with Gasteiger partial charge in [0.25, 0.3) is 0 Å². The van der Waals surface area contributed by atoms with Crippen LogP contribution in [0, 0.1) is 5.92 Å². The van der Waals surface area contributed by atoms with Crippen molar-refractivity contribution in [3.8, 4) is 5.75 Å². The van der Waals surface area contributed by atoms with E-state index in [0.29, 0.717) is 18.0 Å². The van der Waals surface area contributed by atoms with Crippen LogP contribution in [0.2, 0.25) is 0 Å². The van der Waals surface area contributed by atoms with Crippen LogP contribution in [0.4, 0.5) is 4.79 Å². The molecule has 1 aromatic carbocycles. The number of carbonyl (C=O) groups excluding carboxylic acids is 1. The summed E-state index contributed by atoms with van der Waals surface area (Å²) in [5, 5.41) is 0. The van der Waals surface area contributed by atoms with E-state index >= 15 is 0 Å². The first kappa shape index (κ1) is 18.1. The van der Waals surface area contributed by atoms with Gasteiger partial charge < -0.3 is 14.4 Å². The molecule has 138 valence electrons. The minimum atomic E-state index is -0.419. The molecule has 0 aromatic heterocycles. The molecular weight excluding hydrogens is 314 g/mol. The number of rotatable bonds is 4. The average Bonchev–Trinajstić information content (AvgIpc) is 2.83. The van der Waals surface area contributed by atoms with Gasteiger partial charge in [-0.05, 0) is 76.8 Å². The van der Waals surface area contributed by atoms with Crippen LogP contribution >= 0.6 is 0 Å². The topological polar surface area (TPSA) is 38.8 Å². The molecule has 4 heteroatoms. The van der Waals surface area contributed by atoms with Gasteiger partial charge in [-0.25, -0.2) is 4.79 Å². The Hall–Kier alpha value is -1.71. The maximum Gasteiger partial charge on any atom is 0.410 e. The fourth-order valence-corrected chi connectivity index (χ4v) is 4.41. The van der Waals surface area contributed by atoms with Crippen molar-refractivity contribution in [2.45, 2.75) is 77.0 Å². The van der Waals surface area contributed by atoms with Crippen molar-refractivity contribution in [3.05, 3.63) is 29.8 Å². The standard InChI is InChI=1S/C21H31NO3/c1-21(2,3)25-20(23)22-17-11-12-18(22)14-15(13-17)9-10-16-7-5-6-8-19(16)24-4/h5-8,15,17-18H,9-14H2,1-4H3. The third-order valence-electron chi connectivity index (χ3n) is 5.45. The van der Waals surface area contributed by atoms with Gasteiger partial charge >= 0.3 is 6.09 Å². The Morgan fingerprint density at radius 3 is 2.40 bits per heavy atom. The highest BCUT2D eigenvalue weighted by Gasteiger charge is 2.44. The van der Waals surface area contributed by atoms with Gasteiger partial charge in [-0.1, -0.05) is 18.2 Å². The van der Waals surface area contributed by atoms with Crippen LogP contribution in [0.1, 0.15) is 58.4 Å². The van der Waals surface area contributed by atoms with E-state index in [4.69, 9.17) is 9.47 Å². The van der Waals surface area contributed by atoms with Crippen LogP contribution in [0.3, 0.4) is 0 Å². The van der Waals surface area contributed by atoms with Crippen LogP contribution in [0.25, 0.3) is 0 Å². The summed E-state index contributed by atoms with van der Waals surface area (Å²) in [5.74, 6) is 1.66. The Labute approximate surface area is 151 Å². The van der Waals surface area contributed by atoms with Gasteiger partial charge in [-0.3, -0.25) is 0 Å². The Bertz CT molecular complexity index is 593. The van der Waals surface area contributed by atoms with Crippen LogP contribution < -0.4 is 4.74 Å². The predicted molar refractivity (Wildman–Crippen MR) is 98.9 cm³/mol. The first-order valence-electron chi connectivity index (χ1n) is 9.50. The largest absolute Gasteiger partial charge is 0.496 e. The number of aryl methyl sites for hydroxylation is 1. The van der Waals surface area contributed by atoms with Gasteiger partial charge in [0.2, 0.25) is 0 Å². The highest BCUT2D eigenvalue weighted by molar-refractivity contribution is 5.69. The lowest BCUT2D eigenvalue weighted by Crippen LogP contribution is -2.48. The molecular formula is C21H31NO3. The number of carbonyl (C=O) groups is 1. The lowest BCUT2D eigenvalue weighted by molar-refractivity contribution is 0.00166. The number of ether oxygens (including phenoxy) is 2. The summed E-state index contributed by atoms with van der Waals surface area (Å²) in [4.78, 5) is 14.6. The molecule has 2 fully saturated rings. The van der Waals surface area contributed by atoms with E-state index in [1.165, 1.54) is 5.56 Å². The van der Waals surface area contributed by atoms with Gasteiger partial charge in [0.1, 0.15) is 11.4 Å². The van der Waals surface area contributed by atoms with Crippen molar-refractivity contribution in [2.75, 3.05) is 7.11 Å². The van der Waals surface area contributed by atoms with Crippen LogP contribution in [-0.2, 0) is 11.2 Å².